The molecular weight excluding hydrogens is 385 g/mol. The Morgan fingerprint density at radius 1 is 1.04 bits per heavy atom. The smallest absolute Gasteiger partial charge is 0.228 e. The Bertz CT molecular complexity index is 1080. The van der Waals surface area contributed by atoms with Gasteiger partial charge in [0.2, 0.25) is 5.89 Å². The maximum atomic E-state index is 13.6. The molecule has 0 unspecified atom stereocenters. The number of nitrogens with zero attached hydrogens (tertiary/aromatic N) is 3. The molecule has 4 rings (SSSR count). The second kappa shape index (κ2) is 7.50. The molecule has 7 heteroatoms. The van der Waals surface area contributed by atoms with E-state index in [0.29, 0.717) is 33.0 Å². The lowest BCUT2D eigenvalue weighted by molar-refractivity contribution is 0.485. The molecule has 0 aliphatic rings. The average Bonchev–Trinajstić information content (AvgIpc) is 3.08. The van der Waals surface area contributed by atoms with Crippen LogP contribution < -0.4 is 0 Å². The van der Waals surface area contributed by atoms with Crippen LogP contribution in [-0.4, -0.2) is 15.0 Å². The van der Waals surface area contributed by atoms with Crippen LogP contribution in [0.15, 0.2) is 75.3 Å². The lowest BCUT2D eigenvalue weighted by Gasteiger charge is -2.01. The van der Waals surface area contributed by atoms with Crippen molar-refractivity contribution >= 4 is 23.4 Å². The predicted molar refractivity (Wildman–Crippen MR) is 103 cm³/mol. The minimum absolute atomic E-state index is 0.323. The second-order valence-electron chi connectivity index (χ2n) is 5.76. The molecule has 0 atom stereocenters. The van der Waals surface area contributed by atoms with Gasteiger partial charge in [-0.25, -0.2) is 9.37 Å². The Labute approximate surface area is 164 Å². The zero-order valence-electron chi connectivity index (χ0n) is 14.2. The first-order chi connectivity index (χ1) is 13.1. The van der Waals surface area contributed by atoms with E-state index in [0.717, 1.165) is 10.6 Å². The van der Waals surface area contributed by atoms with Gasteiger partial charge in [-0.2, -0.15) is 0 Å². The maximum absolute atomic E-state index is 13.6. The summed E-state index contributed by atoms with van der Waals surface area (Å²) in [6.07, 6.45) is 3.32. The van der Waals surface area contributed by atoms with E-state index in [2.05, 4.69) is 15.0 Å². The fourth-order valence-electron chi connectivity index (χ4n) is 2.41. The Kier molecular flexibility index (Phi) is 4.92. The van der Waals surface area contributed by atoms with Gasteiger partial charge in [-0.05, 0) is 61.2 Å². The number of benzene rings is 2. The Morgan fingerprint density at radius 3 is 2.56 bits per heavy atom. The third kappa shape index (κ3) is 4.02. The fourth-order valence-corrected chi connectivity index (χ4v) is 3.39. The Hall–Kier alpha value is -2.70. The first-order valence-corrected chi connectivity index (χ1v) is 9.27. The highest BCUT2D eigenvalue weighted by Gasteiger charge is 2.19. The van der Waals surface area contributed by atoms with Crippen LogP contribution in [0.25, 0.3) is 22.8 Å². The molecule has 27 heavy (non-hydrogen) atoms. The standard InChI is InChI=1S/C20H13ClFN3OS/c1-12-10-24-17(11-23-12)18-20(27-16-7-5-14(21)6-8-16)26-19(25-18)13-3-2-4-15(22)9-13/h2-11H,1H3. The van der Waals surface area contributed by atoms with Crippen LogP contribution in [0.4, 0.5) is 4.39 Å². The molecule has 2 aromatic carbocycles. The zero-order chi connectivity index (χ0) is 18.8. The van der Waals surface area contributed by atoms with E-state index < -0.39 is 0 Å². The van der Waals surface area contributed by atoms with Crippen molar-refractivity contribution in [1.82, 2.24) is 15.0 Å². The summed E-state index contributed by atoms with van der Waals surface area (Å²) in [5, 5.41) is 1.21. The summed E-state index contributed by atoms with van der Waals surface area (Å²) in [5.74, 6) is -0.0300. The molecule has 0 N–H and O–H groups in total. The molecule has 0 saturated heterocycles. The third-order valence-corrected chi connectivity index (χ3v) is 4.94. The molecule has 134 valence electrons. The summed E-state index contributed by atoms with van der Waals surface area (Å²) in [6.45, 7) is 1.86. The van der Waals surface area contributed by atoms with Gasteiger partial charge in [0.25, 0.3) is 0 Å². The van der Waals surface area contributed by atoms with Gasteiger partial charge in [0, 0.05) is 21.7 Å². The minimum Gasteiger partial charge on any atom is -0.429 e. The highest BCUT2D eigenvalue weighted by atomic mass is 35.5. The van der Waals surface area contributed by atoms with Crippen LogP contribution in [0, 0.1) is 12.7 Å². The molecule has 0 aliphatic carbocycles. The van der Waals surface area contributed by atoms with Crippen LogP contribution in [0.3, 0.4) is 0 Å². The van der Waals surface area contributed by atoms with E-state index in [1.165, 1.54) is 23.9 Å². The van der Waals surface area contributed by atoms with Gasteiger partial charge in [-0.1, -0.05) is 17.7 Å². The molecule has 0 saturated carbocycles. The van der Waals surface area contributed by atoms with Gasteiger partial charge in [0.15, 0.2) is 5.09 Å². The van der Waals surface area contributed by atoms with Gasteiger partial charge in [0.05, 0.1) is 11.9 Å². The molecule has 0 spiro atoms. The van der Waals surface area contributed by atoms with Gasteiger partial charge >= 0.3 is 0 Å². The molecule has 0 amide bonds. The summed E-state index contributed by atoms with van der Waals surface area (Å²) < 4.78 is 19.6. The van der Waals surface area contributed by atoms with Crippen molar-refractivity contribution in [1.29, 1.82) is 0 Å². The number of oxazole rings is 1. The lowest BCUT2D eigenvalue weighted by Crippen LogP contribution is -1.89. The molecule has 0 fully saturated rings. The quantitative estimate of drug-likeness (QED) is 0.419. The molecule has 4 nitrogen and oxygen atoms in total. The first kappa shape index (κ1) is 17.7. The predicted octanol–water partition coefficient (Wildman–Crippen LogP) is 6.05. The van der Waals surface area contributed by atoms with Crippen LogP contribution in [-0.2, 0) is 0 Å². The number of aryl methyl sites for hydroxylation is 1. The van der Waals surface area contributed by atoms with Crippen molar-refractivity contribution in [3.05, 3.63) is 77.5 Å². The van der Waals surface area contributed by atoms with E-state index in [4.69, 9.17) is 16.0 Å². The SMILES string of the molecule is Cc1cnc(-c2nc(-c3cccc(F)c3)oc2Sc2ccc(Cl)cc2)cn1. The van der Waals surface area contributed by atoms with E-state index >= 15 is 0 Å². The number of rotatable bonds is 4. The van der Waals surface area contributed by atoms with Crippen LogP contribution in [0.2, 0.25) is 5.02 Å². The Balaban J connectivity index is 1.79. The number of hydrogen-bond donors (Lipinski definition) is 0. The number of halogens is 2. The van der Waals surface area contributed by atoms with Gasteiger partial charge < -0.3 is 4.42 Å². The molecule has 0 radical (unpaired) electrons. The third-order valence-electron chi connectivity index (χ3n) is 3.72. The summed E-state index contributed by atoms with van der Waals surface area (Å²) in [6, 6.07) is 13.5. The van der Waals surface area contributed by atoms with Crippen LogP contribution in [0.1, 0.15) is 5.69 Å². The van der Waals surface area contributed by atoms with E-state index in [1.54, 1.807) is 36.7 Å². The van der Waals surface area contributed by atoms with Gasteiger partial charge in [-0.15, -0.1) is 0 Å². The van der Waals surface area contributed by atoms with Gasteiger partial charge in [-0.3, -0.25) is 9.97 Å². The van der Waals surface area contributed by atoms with Crippen molar-refractivity contribution < 1.29 is 8.81 Å². The minimum atomic E-state index is -0.353. The molecule has 0 bridgehead atoms. The zero-order valence-corrected chi connectivity index (χ0v) is 15.8. The fraction of sp³-hybridized carbons (Fsp3) is 0.0500. The van der Waals surface area contributed by atoms with Gasteiger partial charge in [0.1, 0.15) is 17.2 Å². The Morgan fingerprint density at radius 2 is 1.85 bits per heavy atom. The highest BCUT2D eigenvalue weighted by Crippen LogP contribution is 2.38. The van der Waals surface area contributed by atoms with Crippen LogP contribution in [0.5, 0.6) is 0 Å². The molecule has 4 aromatic rings. The van der Waals surface area contributed by atoms with E-state index in [-0.39, 0.29) is 5.82 Å². The monoisotopic (exact) mass is 397 g/mol. The highest BCUT2D eigenvalue weighted by molar-refractivity contribution is 7.99. The summed E-state index contributed by atoms with van der Waals surface area (Å²) in [7, 11) is 0. The normalized spacial score (nSPS) is 10.9. The topological polar surface area (TPSA) is 51.8 Å². The van der Waals surface area contributed by atoms with Crippen molar-refractivity contribution in [2.24, 2.45) is 0 Å². The number of hydrogen-bond acceptors (Lipinski definition) is 5. The molecule has 2 aromatic heterocycles. The largest absolute Gasteiger partial charge is 0.429 e. The van der Waals surface area contributed by atoms with Crippen molar-refractivity contribution in [3.63, 3.8) is 0 Å². The van der Waals surface area contributed by atoms with E-state index in [1.807, 2.05) is 19.1 Å². The molecular formula is C20H13ClFN3OS. The average molecular weight is 398 g/mol. The van der Waals surface area contributed by atoms with Crippen LogP contribution >= 0.6 is 23.4 Å². The summed E-state index contributed by atoms with van der Waals surface area (Å²) >= 11 is 7.35. The van der Waals surface area contributed by atoms with Crippen molar-refractivity contribution in [2.75, 3.05) is 0 Å². The summed E-state index contributed by atoms with van der Waals surface area (Å²) in [4.78, 5) is 14.2. The molecule has 0 aliphatic heterocycles. The first-order valence-electron chi connectivity index (χ1n) is 8.08. The maximum Gasteiger partial charge on any atom is 0.228 e. The van der Waals surface area contributed by atoms with E-state index in [9.17, 15) is 4.39 Å². The lowest BCUT2D eigenvalue weighted by atomic mass is 10.2. The second-order valence-corrected chi connectivity index (χ2v) is 7.25. The van der Waals surface area contributed by atoms with Crippen molar-refractivity contribution in [2.45, 2.75) is 16.9 Å². The summed E-state index contributed by atoms with van der Waals surface area (Å²) in [5.41, 5.74) is 2.50. The molecule has 2 heterocycles. The van der Waals surface area contributed by atoms with Crippen molar-refractivity contribution in [3.8, 4) is 22.8 Å². The number of aromatic nitrogens is 3.